The fraction of sp³-hybridized carbons (Fsp3) is 0.733. The molecule has 3 heterocycles. The maximum absolute atomic E-state index is 12.5. The molecule has 1 amide bonds. The van der Waals surface area contributed by atoms with E-state index in [1.54, 1.807) is 11.3 Å². The Morgan fingerprint density at radius 2 is 2.29 bits per heavy atom. The third-order valence-corrected chi connectivity index (χ3v) is 5.31. The molecule has 1 atom stereocenters. The van der Waals surface area contributed by atoms with Crippen LogP contribution in [0, 0.1) is 6.92 Å². The van der Waals surface area contributed by atoms with E-state index >= 15 is 0 Å². The van der Waals surface area contributed by atoms with Crippen LogP contribution < -0.4 is 10.6 Å². The van der Waals surface area contributed by atoms with Crippen LogP contribution in [-0.2, 0) is 11.3 Å². The molecule has 0 spiro atoms. The molecule has 2 aliphatic heterocycles. The molecule has 0 bridgehead atoms. The lowest BCUT2D eigenvalue weighted by atomic mass is 10.0. The second-order valence-electron chi connectivity index (χ2n) is 5.95. The van der Waals surface area contributed by atoms with Gasteiger partial charge in [-0.25, -0.2) is 4.98 Å². The normalized spacial score (nSPS) is 24.3. The van der Waals surface area contributed by atoms with E-state index < -0.39 is 0 Å². The highest BCUT2D eigenvalue weighted by Gasteiger charge is 2.35. The Balaban J connectivity index is 1.55. The lowest BCUT2D eigenvalue weighted by molar-refractivity contribution is -0.126. The molecule has 3 rings (SSSR count). The standard InChI is InChI=1S/C15H24N4OS/c1-11-18-12(10-21-11)9-17-15(20)14-3-2-8-19(14)13-4-6-16-7-5-13/h10,13-14,16H,2-9H2,1H3,(H,17,20). The summed E-state index contributed by atoms with van der Waals surface area (Å²) in [6.07, 6.45) is 4.45. The fourth-order valence-corrected chi connectivity index (χ4v) is 4.04. The molecule has 2 aliphatic rings. The minimum Gasteiger partial charge on any atom is -0.349 e. The third kappa shape index (κ3) is 3.62. The molecule has 5 nitrogen and oxygen atoms in total. The number of carbonyl (C=O) groups excluding carboxylic acids is 1. The first-order valence-corrected chi connectivity index (χ1v) is 8.77. The topological polar surface area (TPSA) is 57.3 Å². The van der Waals surface area contributed by atoms with Crippen molar-refractivity contribution in [3.8, 4) is 0 Å². The molecule has 1 aromatic heterocycles. The van der Waals surface area contributed by atoms with Crippen LogP contribution in [-0.4, -0.2) is 47.5 Å². The number of rotatable bonds is 4. The predicted molar refractivity (Wildman–Crippen MR) is 84.3 cm³/mol. The maximum Gasteiger partial charge on any atom is 0.237 e. The number of likely N-dealkylation sites (tertiary alicyclic amines) is 1. The summed E-state index contributed by atoms with van der Waals surface area (Å²) in [4.78, 5) is 19.3. The molecule has 2 fully saturated rings. The van der Waals surface area contributed by atoms with Gasteiger partial charge in [-0.3, -0.25) is 9.69 Å². The van der Waals surface area contributed by atoms with Gasteiger partial charge < -0.3 is 10.6 Å². The molecule has 6 heteroatoms. The van der Waals surface area contributed by atoms with E-state index in [0.29, 0.717) is 12.6 Å². The highest BCUT2D eigenvalue weighted by atomic mass is 32.1. The summed E-state index contributed by atoms with van der Waals surface area (Å²) in [7, 11) is 0. The molecule has 2 saturated heterocycles. The molecule has 116 valence electrons. The number of carbonyl (C=O) groups is 1. The highest BCUT2D eigenvalue weighted by molar-refractivity contribution is 7.09. The smallest absolute Gasteiger partial charge is 0.237 e. The third-order valence-electron chi connectivity index (χ3n) is 4.48. The SMILES string of the molecule is Cc1nc(CNC(=O)C2CCCN2C2CCNCC2)cs1. The van der Waals surface area contributed by atoms with Gasteiger partial charge in [0, 0.05) is 11.4 Å². The van der Waals surface area contributed by atoms with Gasteiger partial charge in [0.15, 0.2) is 0 Å². The van der Waals surface area contributed by atoms with Crippen LogP contribution >= 0.6 is 11.3 Å². The minimum absolute atomic E-state index is 0.0628. The Bertz CT molecular complexity index is 484. The molecule has 21 heavy (non-hydrogen) atoms. The first kappa shape index (κ1) is 14.9. The zero-order valence-corrected chi connectivity index (χ0v) is 13.4. The minimum atomic E-state index is 0.0628. The van der Waals surface area contributed by atoms with Gasteiger partial charge in [-0.05, 0) is 52.2 Å². The average Bonchev–Trinajstić information content (AvgIpc) is 3.14. The predicted octanol–water partition coefficient (Wildman–Crippen LogP) is 1.28. The summed E-state index contributed by atoms with van der Waals surface area (Å²) in [5, 5.41) is 9.54. The van der Waals surface area contributed by atoms with E-state index in [1.807, 2.05) is 12.3 Å². The molecular formula is C15H24N4OS. The molecule has 0 saturated carbocycles. The lowest BCUT2D eigenvalue weighted by Gasteiger charge is -2.35. The van der Waals surface area contributed by atoms with Gasteiger partial charge in [-0.2, -0.15) is 0 Å². The summed E-state index contributed by atoms with van der Waals surface area (Å²) in [6.45, 7) is 5.77. The summed E-state index contributed by atoms with van der Waals surface area (Å²) < 4.78 is 0. The summed E-state index contributed by atoms with van der Waals surface area (Å²) in [6, 6.07) is 0.638. The average molecular weight is 308 g/mol. The van der Waals surface area contributed by atoms with Gasteiger partial charge in [0.2, 0.25) is 5.91 Å². The number of nitrogens with zero attached hydrogens (tertiary/aromatic N) is 2. The molecular weight excluding hydrogens is 284 g/mol. The monoisotopic (exact) mass is 308 g/mol. The molecule has 0 aliphatic carbocycles. The number of thiazole rings is 1. The number of hydrogen-bond donors (Lipinski definition) is 2. The van der Waals surface area contributed by atoms with Crippen molar-refractivity contribution in [2.24, 2.45) is 0 Å². The summed E-state index contributed by atoms with van der Waals surface area (Å²) >= 11 is 1.63. The van der Waals surface area contributed by atoms with Gasteiger partial charge in [-0.1, -0.05) is 0 Å². The molecule has 2 N–H and O–H groups in total. The number of aromatic nitrogens is 1. The van der Waals surface area contributed by atoms with E-state index in [2.05, 4.69) is 20.5 Å². The number of amides is 1. The second kappa shape index (κ2) is 6.85. The van der Waals surface area contributed by atoms with E-state index in [4.69, 9.17) is 0 Å². The van der Waals surface area contributed by atoms with Gasteiger partial charge in [-0.15, -0.1) is 11.3 Å². The van der Waals surface area contributed by atoms with E-state index in [1.165, 1.54) is 0 Å². The number of hydrogen-bond acceptors (Lipinski definition) is 5. The van der Waals surface area contributed by atoms with Crippen LogP contribution in [0.1, 0.15) is 36.4 Å². The van der Waals surface area contributed by atoms with Crippen LogP contribution in [0.3, 0.4) is 0 Å². The lowest BCUT2D eigenvalue weighted by Crippen LogP contribution is -2.50. The van der Waals surface area contributed by atoms with Crippen molar-refractivity contribution in [2.45, 2.75) is 51.2 Å². The van der Waals surface area contributed by atoms with Gasteiger partial charge >= 0.3 is 0 Å². The van der Waals surface area contributed by atoms with Crippen molar-refractivity contribution < 1.29 is 4.79 Å². The molecule has 1 unspecified atom stereocenters. The van der Waals surface area contributed by atoms with Crippen LogP contribution in [0.2, 0.25) is 0 Å². The van der Waals surface area contributed by atoms with Gasteiger partial charge in [0.05, 0.1) is 23.3 Å². The van der Waals surface area contributed by atoms with Crippen LogP contribution in [0.4, 0.5) is 0 Å². The largest absolute Gasteiger partial charge is 0.349 e. The highest BCUT2D eigenvalue weighted by Crippen LogP contribution is 2.24. The molecule has 0 radical (unpaired) electrons. The Morgan fingerprint density at radius 1 is 1.48 bits per heavy atom. The van der Waals surface area contributed by atoms with Gasteiger partial charge in [0.25, 0.3) is 0 Å². The summed E-state index contributed by atoms with van der Waals surface area (Å²) in [5.41, 5.74) is 0.970. The molecule has 0 aromatic carbocycles. The van der Waals surface area contributed by atoms with E-state index in [9.17, 15) is 4.79 Å². The Morgan fingerprint density at radius 3 is 3.00 bits per heavy atom. The zero-order valence-electron chi connectivity index (χ0n) is 12.6. The van der Waals surface area contributed by atoms with Crippen LogP contribution in [0.15, 0.2) is 5.38 Å². The Kier molecular flexibility index (Phi) is 4.87. The molecule has 1 aromatic rings. The first-order valence-electron chi connectivity index (χ1n) is 7.89. The van der Waals surface area contributed by atoms with Crippen LogP contribution in [0.25, 0.3) is 0 Å². The second-order valence-corrected chi connectivity index (χ2v) is 7.01. The number of aryl methyl sites for hydroxylation is 1. The van der Waals surface area contributed by atoms with Gasteiger partial charge in [0.1, 0.15) is 0 Å². The Hall–Kier alpha value is -0.980. The van der Waals surface area contributed by atoms with Crippen molar-refractivity contribution in [2.75, 3.05) is 19.6 Å². The van der Waals surface area contributed by atoms with Crippen molar-refractivity contribution in [3.63, 3.8) is 0 Å². The van der Waals surface area contributed by atoms with Crippen LogP contribution in [0.5, 0.6) is 0 Å². The Labute approximate surface area is 130 Å². The zero-order chi connectivity index (χ0) is 14.7. The number of nitrogens with one attached hydrogen (secondary N) is 2. The maximum atomic E-state index is 12.5. The fourth-order valence-electron chi connectivity index (χ4n) is 3.43. The summed E-state index contributed by atoms with van der Waals surface area (Å²) in [5.74, 6) is 0.177. The van der Waals surface area contributed by atoms with E-state index in [-0.39, 0.29) is 11.9 Å². The quantitative estimate of drug-likeness (QED) is 0.880. The van der Waals surface area contributed by atoms with Crippen molar-refractivity contribution in [1.29, 1.82) is 0 Å². The van der Waals surface area contributed by atoms with E-state index in [0.717, 1.165) is 56.0 Å². The first-order chi connectivity index (χ1) is 10.2. The van der Waals surface area contributed by atoms with Crippen molar-refractivity contribution in [1.82, 2.24) is 20.5 Å². The number of piperidine rings is 1. The van der Waals surface area contributed by atoms with Crippen molar-refractivity contribution in [3.05, 3.63) is 16.1 Å². The van der Waals surface area contributed by atoms with Crippen molar-refractivity contribution >= 4 is 17.2 Å².